The van der Waals surface area contributed by atoms with E-state index in [1.54, 1.807) is 0 Å². The number of hydrogen-bond donors (Lipinski definition) is 0. The van der Waals surface area contributed by atoms with Crippen LogP contribution in [0.2, 0.25) is 0 Å². The summed E-state index contributed by atoms with van der Waals surface area (Å²) in [4.78, 5) is 4.57. The van der Waals surface area contributed by atoms with E-state index in [1.165, 1.54) is 16.7 Å². The monoisotopic (exact) mass is 298 g/mol. The van der Waals surface area contributed by atoms with E-state index in [2.05, 4.69) is 89.3 Å². The summed E-state index contributed by atoms with van der Waals surface area (Å²) in [5.41, 5.74) is 5.99. The fourth-order valence-electron chi connectivity index (χ4n) is 3.08. The zero-order chi connectivity index (χ0) is 15.6. The van der Waals surface area contributed by atoms with Crippen molar-refractivity contribution in [3.05, 3.63) is 102 Å². The Morgan fingerprint density at radius 1 is 0.739 bits per heavy atom. The van der Waals surface area contributed by atoms with Crippen LogP contribution in [0, 0.1) is 6.92 Å². The first-order valence-corrected chi connectivity index (χ1v) is 7.86. The molecule has 0 fully saturated rings. The van der Waals surface area contributed by atoms with Crippen molar-refractivity contribution in [3.8, 4) is 0 Å². The average molecular weight is 298 g/mol. The van der Waals surface area contributed by atoms with Crippen molar-refractivity contribution in [1.82, 2.24) is 9.55 Å². The van der Waals surface area contributed by atoms with E-state index in [9.17, 15) is 0 Å². The molecule has 4 rings (SSSR count). The van der Waals surface area contributed by atoms with Crippen LogP contribution in [0.25, 0.3) is 11.0 Å². The molecule has 0 saturated carbocycles. The first-order chi connectivity index (χ1) is 11.3. The predicted octanol–water partition coefficient (Wildman–Crippen LogP) is 4.98. The molecule has 0 amide bonds. The molecule has 3 aromatic carbocycles. The second kappa shape index (κ2) is 5.73. The minimum Gasteiger partial charge on any atom is -0.319 e. The minimum absolute atomic E-state index is 0.129. The number of imidazole rings is 1. The van der Waals surface area contributed by atoms with Gasteiger partial charge in [-0.25, -0.2) is 4.98 Å². The summed E-state index contributed by atoms with van der Waals surface area (Å²) in [5, 5.41) is 0. The molecule has 1 heterocycles. The maximum absolute atomic E-state index is 4.57. The van der Waals surface area contributed by atoms with Gasteiger partial charge in [-0.1, -0.05) is 72.3 Å². The van der Waals surface area contributed by atoms with Crippen molar-refractivity contribution in [2.45, 2.75) is 13.0 Å². The Morgan fingerprint density at radius 3 is 2.17 bits per heavy atom. The van der Waals surface area contributed by atoms with Crippen molar-refractivity contribution in [1.29, 1.82) is 0 Å². The van der Waals surface area contributed by atoms with Crippen LogP contribution in [0.3, 0.4) is 0 Å². The Balaban J connectivity index is 1.94. The maximum atomic E-state index is 4.57. The second-order valence-electron chi connectivity index (χ2n) is 5.86. The molecular formula is C21H18N2. The number of hydrogen-bond acceptors (Lipinski definition) is 1. The molecule has 0 aliphatic rings. The molecule has 1 atom stereocenters. The van der Waals surface area contributed by atoms with E-state index in [-0.39, 0.29) is 6.04 Å². The normalized spacial score (nSPS) is 12.4. The fourth-order valence-corrected chi connectivity index (χ4v) is 3.08. The first kappa shape index (κ1) is 13.8. The average Bonchev–Trinajstić information content (AvgIpc) is 3.02. The molecule has 23 heavy (non-hydrogen) atoms. The van der Waals surface area contributed by atoms with Crippen LogP contribution in [0.4, 0.5) is 0 Å². The van der Waals surface area contributed by atoms with Crippen molar-refractivity contribution < 1.29 is 0 Å². The molecule has 0 spiro atoms. The van der Waals surface area contributed by atoms with Crippen molar-refractivity contribution in [2.24, 2.45) is 0 Å². The molecule has 112 valence electrons. The summed E-state index contributed by atoms with van der Waals surface area (Å²) in [6.45, 7) is 2.12. The van der Waals surface area contributed by atoms with E-state index in [0.29, 0.717) is 0 Å². The molecule has 2 heteroatoms. The van der Waals surface area contributed by atoms with Gasteiger partial charge in [-0.2, -0.15) is 0 Å². The number of aryl methyl sites for hydroxylation is 1. The van der Waals surface area contributed by atoms with Gasteiger partial charge in [0.15, 0.2) is 0 Å². The summed E-state index contributed by atoms with van der Waals surface area (Å²) >= 11 is 0. The Morgan fingerprint density at radius 2 is 1.39 bits per heavy atom. The topological polar surface area (TPSA) is 17.8 Å². The summed E-state index contributed by atoms with van der Waals surface area (Å²) in [6.07, 6.45) is 1.95. The minimum atomic E-state index is 0.129. The third-order valence-electron chi connectivity index (χ3n) is 4.27. The summed E-state index contributed by atoms with van der Waals surface area (Å²) < 4.78 is 2.26. The van der Waals surface area contributed by atoms with Gasteiger partial charge in [0.05, 0.1) is 23.4 Å². The van der Waals surface area contributed by atoms with Crippen LogP contribution in [0.15, 0.2) is 85.2 Å². The number of aromatic nitrogens is 2. The van der Waals surface area contributed by atoms with Crippen LogP contribution >= 0.6 is 0 Å². The first-order valence-electron chi connectivity index (χ1n) is 7.86. The molecule has 2 nitrogen and oxygen atoms in total. The zero-order valence-electron chi connectivity index (χ0n) is 13.1. The molecule has 0 bridgehead atoms. The van der Waals surface area contributed by atoms with Gasteiger partial charge in [-0.3, -0.25) is 0 Å². The Bertz CT molecular complexity index is 921. The second-order valence-corrected chi connectivity index (χ2v) is 5.86. The van der Waals surface area contributed by atoms with E-state index in [1.807, 2.05) is 12.4 Å². The summed E-state index contributed by atoms with van der Waals surface area (Å²) in [5.74, 6) is 0. The van der Waals surface area contributed by atoms with Crippen LogP contribution in [0.1, 0.15) is 22.7 Å². The van der Waals surface area contributed by atoms with Crippen LogP contribution < -0.4 is 0 Å². The molecule has 0 aliphatic carbocycles. The van der Waals surface area contributed by atoms with Crippen molar-refractivity contribution in [3.63, 3.8) is 0 Å². The number of benzene rings is 3. The highest BCUT2D eigenvalue weighted by molar-refractivity contribution is 5.75. The molecule has 1 unspecified atom stereocenters. The molecule has 0 N–H and O–H groups in total. The standard InChI is InChI=1S/C21H18N2/c1-16-11-13-18(14-12-16)21(17-7-3-2-4-8-17)23-15-22-19-9-5-6-10-20(19)23/h2-15,21H,1H3. The lowest BCUT2D eigenvalue weighted by molar-refractivity contribution is 0.697. The smallest absolute Gasteiger partial charge is 0.0966 e. The molecule has 0 radical (unpaired) electrons. The molecule has 1 aromatic heterocycles. The van der Waals surface area contributed by atoms with Gasteiger partial charge in [0.25, 0.3) is 0 Å². The van der Waals surface area contributed by atoms with E-state index >= 15 is 0 Å². The van der Waals surface area contributed by atoms with Gasteiger partial charge in [0.1, 0.15) is 0 Å². The van der Waals surface area contributed by atoms with Crippen molar-refractivity contribution in [2.75, 3.05) is 0 Å². The van der Waals surface area contributed by atoms with Gasteiger partial charge in [0.2, 0.25) is 0 Å². The lowest BCUT2D eigenvalue weighted by Gasteiger charge is -2.21. The SMILES string of the molecule is Cc1ccc(C(c2ccccc2)n2cnc3ccccc32)cc1. The number of fused-ring (bicyclic) bond motifs is 1. The lowest BCUT2D eigenvalue weighted by Crippen LogP contribution is -2.11. The van der Waals surface area contributed by atoms with Crippen LogP contribution in [-0.2, 0) is 0 Å². The number of nitrogens with zero attached hydrogens (tertiary/aromatic N) is 2. The summed E-state index contributed by atoms with van der Waals surface area (Å²) in [7, 11) is 0. The highest BCUT2D eigenvalue weighted by atomic mass is 15.1. The van der Waals surface area contributed by atoms with Crippen LogP contribution in [-0.4, -0.2) is 9.55 Å². The largest absolute Gasteiger partial charge is 0.319 e. The number of rotatable bonds is 3. The van der Waals surface area contributed by atoms with Crippen LogP contribution in [0.5, 0.6) is 0 Å². The number of para-hydroxylation sites is 2. The lowest BCUT2D eigenvalue weighted by atomic mass is 9.97. The van der Waals surface area contributed by atoms with Gasteiger partial charge in [-0.15, -0.1) is 0 Å². The highest BCUT2D eigenvalue weighted by Gasteiger charge is 2.18. The molecular weight excluding hydrogens is 280 g/mol. The quantitative estimate of drug-likeness (QED) is 0.521. The van der Waals surface area contributed by atoms with Gasteiger partial charge in [0, 0.05) is 0 Å². The van der Waals surface area contributed by atoms with Gasteiger partial charge < -0.3 is 4.57 Å². The fraction of sp³-hybridized carbons (Fsp3) is 0.0952. The predicted molar refractivity (Wildman–Crippen MR) is 94.6 cm³/mol. The van der Waals surface area contributed by atoms with Gasteiger partial charge in [-0.05, 0) is 30.2 Å². The Hall–Kier alpha value is -2.87. The van der Waals surface area contributed by atoms with Gasteiger partial charge >= 0.3 is 0 Å². The Kier molecular flexibility index (Phi) is 3.43. The van der Waals surface area contributed by atoms with E-state index < -0.39 is 0 Å². The summed E-state index contributed by atoms with van der Waals surface area (Å²) in [6, 6.07) is 27.8. The molecule has 0 saturated heterocycles. The van der Waals surface area contributed by atoms with E-state index in [4.69, 9.17) is 0 Å². The molecule has 4 aromatic rings. The van der Waals surface area contributed by atoms with E-state index in [0.717, 1.165) is 11.0 Å². The third kappa shape index (κ3) is 2.53. The third-order valence-corrected chi connectivity index (χ3v) is 4.27. The highest BCUT2D eigenvalue weighted by Crippen LogP contribution is 2.30. The zero-order valence-corrected chi connectivity index (χ0v) is 13.1. The maximum Gasteiger partial charge on any atom is 0.0966 e. The van der Waals surface area contributed by atoms with Crippen molar-refractivity contribution >= 4 is 11.0 Å². The Labute approximate surface area is 136 Å². The molecule has 0 aliphatic heterocycles.